The number of nitrogens with one attached hydrogen (secondary N) is 1. The number of rotatable bonds is 4. The number of hydrogen-bond donors (Lipinski definition) is 2. The number of benzene rings is 1. The number of fused-ring (bicyclic) bond motifs is 1. The minimum atomic E-state index is -0.0239. The molecule has 2 N–H and O–H groups in total. The average Bonchev–Trinajstić information content (AvgIpc) is 2.37. The number of aliphatic hydroxyl groups is 1. The van der Waals surface area contributed by atoms with Gasteiger partial charge in [0, 0.05) is 11.5 Å². The minimum absolute atomic E-state index is 0.0239. The second-order valence-electron chi connectivity index (χ2n) is 4.74. The molecule has 1 aromatic rings. The predicted octanol–water partition coefficient (Wildman–Crippen LogP) is 2.68. The second-order valence-corrected chi connectivity index (χ2v) is 6.12. The molecule has 3 nitrogen and oxygen atoms in total. The third kappa shape index (κ3) is 2.87. The first-order chi connectivity index (χ1) is 8.63. The molecule has 98 valence electrons. The van der Waals surface area contributed by atoms with Crippen LogP contribution in [0.3, 0.4) is 0 Å². The van der Waals surface area contributed by atoms with Gasteiger partial charge in [0.25, 0.3) is 0 Å². The van der Waals surface area contributed by atoms with Crippen LogP contribution in [-0.2, 0) is 11.2 Å². The van der Waals surface area contributed by atoms with E-state index in [0.717, 1.165) is 23.4 Å². The highest BCUT2D eigenvalue weighted by Gasteiger charge is 2.23. The number of amides is 1. The van der Waals surface area contributed by atoms with Crippen molar-refractivity contribution >= 4 is 23.4 Å². The Balaban J connectivity index is 2.17. The Labute approximate surface area is 112 Å². The molecule has 0 aromatic heterocycles. The van der Waals surface area contributed by atoms with Gasteiger partial charge in [0.1, 0.15) is 0 Å². The average molecular weight is 265 g/mol. The molecule has 1 aliphatic heterocycles. The summed E-state index contributed by atoms with van der Waals surface area (Å²) >= 11 is 1.60. The van der Waals surface area contributed by atoms with Crippen molar-refractivity contribution in [1.29, 1.82) is 0 Å². The van der Waals surface area contributed by atoms with E-state index in [1.807, 2.05) is 13.0 Å². The molecule has 2 rings (SSSR count). The minimum Gasteiger partial charge on any atom is -0.396 e. The first kappa shape index (κ1) is 13.4. The van der Waals surface area contributed by atoms with Gasteiger partial charge in [-0.3, -0.25) is 4.79 Å². The van der Waals surface area contributed by atoms with Crippen molar-refractivity contribution in [3.8, 4) is 0 Å². The standard InChI is InChI=1S/C14H19NO2S/c1-3-10(8-16)6-11-4-5-13-12(7-11)15-14(17)9(2)18-13/h4-5,7,9-10,16H,3,6,8H2,1-2H3,(H,15,17). The lowest BCUT2D eigenvalue weighted by Crippen LogP contribution is -2.26. The molecule has 1 aromatic carbocycles. The van der Waals surface area contributed by atoms with Crippen LogP contribution in [0.4, 0.5) is 5.69 Å². The lowest BCUT2D eigenvalue weighted by atomic mass is 9.97. The van der Waals surface area contributed by atoms with Crippen molar-refractivity contribution in [3.05, 3.63) is 23.8 Å². The van der Waals surface area contributed by atoms with Gasteiger partial charge in [-0.2, -0.15) is 0 Å². The van der Waals surface area contributed by atoms with Gasteiger partial charge >= 0.3 is 0 Å². The zero-order valence-corrected chi connectivity index (χ0v) is 11.6. The molecular formula is C14H19NO2S. The zero-order valence-electron chi connectivity index (χ0n) is 10.8. The van der Waals surface area contributed by atoms with Crippen LogP contribution in [-0.4, -0.2) is 22.9 Å². The SMILES string of the molecule is CCC(CO)Cc1ccc2c(c1)NC(=O)C(C)S2. The molecule has 18 heavy (non-hydrogen) atoms. The Bertz CT molecular complexity index is 443. The van der Waals surface area contributed by atoms with Gasteiger partial charge in [0.05, 0.1) is 10.9 Å². The van der Waals surface area contributed by atoms with Crippen molar-refractivity contribution < 1.29 is 9.90 Å². The maximum absolute atomic E-state index is 11.6. The fraction of sp³-hybridized carbons (Fsp3) is 0.500. The first-order valence-electron chi connectivity index (χ1n) is 6.35. The third-order valence-electron chi connectivity index (χ3n) is 3.33. The molecule has 0 saturated carbocycles. The highest BCUT2D eigenvalue weighted by atomic mass is 32.2. The molecule has 2 unspecified atom stereocenters. The molecule has 2 atom stereocenters. The number of carbonyl (C=O) groups is 1. The molecule has 0 spiro atoms. The van der Waals surface area contributed by atoms with Crippen molar-refractivity contribution in [2.24, 2.45) is 5.92 Å². The van der Waals surface area contributed by atoms with Gasteiger partial charge in [-0.05, 0) is 37.0 Å². The monoisotopic (exact) mass is 265 g/mol. The van der Waals surface area contributed by atoms with Gasteiger partial charge < -0.3 is 10.4 Å². The van der Waals surface area contributed by atoms with E-state index in [2.05, 4.69) is 24.4 Å². The van der Waals surface area contributed by atoms with E-state index in [1.54, 1.807) is 11.8 Å². The summed E-state index contributed by atoms with van der Waals surface area (Å²) in [5, 5.41) is 12.1. The number of carbonyl (C=O) groups excluding carboxylic acids is 1. The van der Waals surface area contributed by atoms with Crippen LogP contribution in [0.1, 0.15) is 25.8 Å². The highest BCUT2D eigenvalue weighted by molar-refractivity contribution is 8.00. The van der Waals surface area contributed by atoms with E-state index in [-0.39, 0.29) is 17.8 Å². The molecule has 0 radical (unpaired) electrons. The fourth-order valence-corrected chi connectivity index (χ4v) is 2.98. The van der Waals surface area contributed by atoms with E-state index in [0.29, 0.717) is 5.92 Å². The third-order valence-corrected chi connectivity index (χ3v) is 4.51. The summed E-state index contributed by atoms with van der Waals surface area (Å²) in [6.45, 7) is 4.21. The number of thioether (sulfide) groups is 1. The summed E-state index contributed by atoms with van der Waals surface area (Å²) in [4.78, 5) is 12.8. The number of aliphatic hydroxyl groups excluding tert-OH is 1. The maximum Gasteiger partial charge on any atom is 0.237 e. The van der Waals surface area contributed by atoms with E-state index in [4.69, 9.17) is 0 Å². The molecule has 1 amide bonds. The van der Waals surface area contributed by atoms with Crippen molar-refractivity contribution in [2.75, 3.05) is 11.9 Å². The van der Waals surface area contributed by atoms with Gasteiger partial charge in [-0.1, -0.05) is 19.4 Å². The topological polar surface area (TPSA) is 49.3 Å². The number of hydrogen-bond acceptors (Lipinski definition) is 3. The molecule has 1 aliphatic rings. The fourth-order valence-electron chi connectivity index (χ4n) is 2.05. The van der Waals surface area contributed by atoms with Crippen LogP contribution < -0.4 is 5.32 Å². The lowest BCUT2D eigenvalue weighted by Gasteiger charge is -2.22. The Morgan fingerprint density at radius 2 is 2.28 bits per heavy atom. The molecule has 0 saturated heterocycles. The van der Waals surface area contributed by atoms with E-state index < -0.39 is 0 Å². The van der Waals surface area contributed by atoms with Crippen LogP contribution in [0.2, 0.25) is 0 Å². The van der Waals surface area contributed by atoms with Gasteiger partial charge in [0.15, 0.2) is 0 Å². The Morgan fingerprint density at radius 3 is 2.94 bits per heavy atom. The van der Waals surface area contributed by atoms with E-state index in [1.165, 1.54) is 5.56 Å². The Hall–Kier alpha value is -1.000. The normalized spacial score (nSPS) is 20.2. The smallest absolute Gasteiger partial charge is 0.237 e. The summed E-state index contributed by atoms with van der Waals surface area (Å²) in [5.41, 5.74) is 2.08. The molecule has 0 bridgehead atoms. The molecule has 1 heterocycles. The lowest BCUT2D eigenvalue weighted by molar-refractivity contribution is -0.115. The summed E-state index contributed by atoms with van der Waals surface area (Å²) in [6, 6.07) is 6.19. The van der Waals surface area contributed by atoms with Gasteiger partial charge in [0.2, 0.25) is 5.91 Å². The highest BCUT2D eigenvalue weighted by Crippen LogP contribution is 2.36. The Kier molecular flexibility index (Phi) is 4.30. The van der Waals surface area contributed by atoms with E-state index >= 15 is 0 Å². The van der Waals surface area contributed by atoms with Gasteiger partial charge in [-0.25, -0.2) is 0 Å². The quantitative estimate of drug-likeness (QED) is 0.880. The summed E-state index contributed by atoms with van der Waals surface area (Å²) < 4.78 is 0. The number of anilines is 1. The van der Waals surface area contributed by atoms with Crippen LogP contribution in [0.25, 0.3) is 0 Å². The molecular weight excluding hydrogens is 246 g/mol. The summed E-state index contributed by atoms with van der Waals surface area (Å²) in [6.07, 6.45) is 1.82. The molecule has 0 aliphatic carbocycles. The second kappa shape index (κ2) is 5.76. The van der Waals surface area contributed by atoms with Crippen LogP contribution in [0, 0.1) is 5.92 Å². The predicted molar refractivity (Wildman–Crippen MR) is 75.0 cm³/mol. The van der Waals surface area contributed by atoms with Crippen molar-refractivity contribution in [3.63, 3.8) is 0 Å². The van der Waals surface area contributed by atoms with Crippen LogP contribution >= 0.6 is 11.8 Å². The Morgan fingerprint density at radius 1 is 1.50 bits per heavy atom. The molecule has 0 fully saturated rings. The van der Waals surface area contributed by atoms with Gasteiger partial charge in [-0.15, -0.1) is 11.8 Å². The van der Waals surface area contributed by atoms with Crippen LogP contribution in [0.15, 0.2) is 23.1 Å². The molecule has 4 heteroatoms. The summed E-state index contributed by atoms with van der Waals surface area (Å²) in [7, 11) is 0. The van der Waals surface area contributed by atoms with Crippen molar-refractivity contribution in [1.82, 2.24) is 0 Å². The van der Waals surface area contributed by atoms with E-state index in [9.17, 15) is 9.90 Å². The maximum atomic E-state index is 11.6. The largest absolute Gasteiger partial charge is 0.396 e. The summed E-state index contributed by atoms with van der Waals surface area (Å²) in [5.74, 6) is 0.368. The van der Waals surface area contributed by atoms with Crippen LogP contribution in [0.5, 0.6) is 0 Å². The van der Waals surface area contributed by atoms with Crippen molar-refractivity contribution in [2.45, 2.75) is 36.8 Å². The zero-order chi connectivity index (χ0) is 13.1. The first-order valence-corrected chi connectivity index (χ1v) is 7.23.